The topological polar surface area (TPSA) is 108 Å². The van der Waals surface area contributed by atoms with E-state index in [1.807, 2.05) is 48.5 Å². The Kier molecular flexibility index (Phi) is 10.2. The van der Waals surface area contributed by atoms with Gasteiger partial charge in [-0.2, -0.15) is 0 Å². The molecule has 0 aliphatic heterocycles. The largest absolute Gasteiger partial charge is 0.507 e. The first-order chi connectivity index (χ1) is 15.8. The molecule has 2 atom stereocenters. The molecule has 0 spiro atoms. The Hall–Kier alpha value is -2.77. The molecule has 35 heavy (non-hydrogen) atoms. The van der Waals surface area contributed by atoms with Crippen LogP contribution < -0.4 is 10.6 Å². The van der Waals surface area contributed by atoms with Crippen molar-refractivity contribution in [3.8, 4) is 5.75 Å². The maximum absolute atomic E-state index is 14.0. The molecule has 2 unspecified atom stereocenters. The molecular formula is C27H45N3O5. The number of hydrogen-bond donors (Lipinski definition) is 3. The van der Waals surface area contributed by atoms with Gasteiger partial charge in [-0.1, -0.05) is 32.0 Å². The Morgan fingerprint density at radius 2 is 1.60 bits per heavy atom. The van der Waals surface area contributed by atoms with Crippen LogP contribution in [-0.2, 0) is 14.3 Å². The molecular weight excluding hydrogens is 446 g/mol. The van der Waals surface area contributed by atoms with Crippen molar-refractivity contribution < 1.29 is 24.2 Å². The summed E-state index contributed by atoms with van der Waals surface area (Å²) in [7, 11) is 0. The maximum Gasteiger partial charge on any atom is 0.408 e. The fraction of sp³-hybridized carbons (Fsp3) is 0.667. The van der Waals surface area contributed by atoms with Crippen molar-refractivity contribution >= 4 is 17.9 Å². The molecule has 1 rings (SSSR count). The third kappa shape index (κ3) is 9.42. The number of alkyl carbamates (subject to hydrolysis) is 1. The SMILES string of the molecule is Cc1cccc(C(C(=O)NC(C)(C)C)N(C(=O)C(CC(C)C)NC(=O)OC(C)(C)C)C(C)C)c1O. The van der Waals surface area contributed by atoms with E-state index in [1.54, 1.807) is 45.9 Å². The summed E-state index contributed by atoms with van der Waals surface area (Å²) in [4.78, 5) is 41.6. The number of aryl methyl sites for hydroxylation is 1. The average molecular weight is 492 g/mol. The molecule has 0 aromatic heterocycles. The highest BCUT2D eigenvalue weighted by Gasteiger charge is 2.40. The Bertz CT molecular complexity index is 897. The molecule has 8 heteroatoms. The van der Waals surface area contributed by atoms with E-state index in [2.05, 4.69) is 10.6 Å². The first kappa shape index (κ1) is 30.3. The molecule has 3 amide bonds. The summed E-state index contributed by atoms with van der Waals surface area (Å²) in [6.07, 6.45) is -0.344. The van der Waals surface area contributed by atoms with Gasteiger partial charge < -0.3 is 25.4 Å². The van der Waals surface area contributed by atoms with Gasteiger partial charge >= 0.3 is 6.09 Å². The number of phenolic OH excluding ortho intramolecular Hbond substituents is 1. The molecule has 0 fully saturated rings. The van der Waals surface area contributed by atoms with Crippen LogP contribution in [0.4, 0.5) is 4.79 Å². The zero-order chi connectivity index (χ0) is 27.3. The van der Waals surface area contributed by atoms with Crippen LogP contribution in [0.5, 0.6) is 5.75 Å². The van der Waals surface area contributed by atoms with E-state index in [0.29, 0.717) is 17.5 Å². The van der Waals surface area contributed by atoms with E-state index in [0.717, 1.165) is 0 Å². The van der Waals surface area contributed by atoms with Crippen molar-refractivity contribution in [3.63, 3.8) is 0 Å². The second-order valence-electron chi connectivity index (χ2n) is 11.8. The molecule has 1 aromatic carbocycles. The summed E-state index contributed by atoms with van der Waals surface area (Å²) in [6, 6.07) is 2.71. The maximum atomic E-state index is 14.0. The molecule has 0 aliphatic carbocycles. The van der Waals surface area contributed by atoms with Gasteiger partial charge in [0.2, 0.25) is 11.8 Å². The van der Waals surface area contributed by atoms with Crippen molar-refractivity contribution in [2.45, 2.75) is 112 Å². The molecule has 0 heterocycles. The fourth-order valence-electron chi connectivity index (χ4n) is 3.76. The number of amides is 3. The first-order valence-electron chi connectivity index (χ1n) is 12.3. The van der Waals surface area contributed by atoms with Gasteiger partial charge in [0.1, 0.15) is 23.4 Å². The highest BCUT2D eigenvalue weighted by molar-refractivity contribution is 5.93. The number of benzene rings is 1. The van der Waals surface area contributed by atoms with Crippen LogP contribution in [0.25, 0.3) is 0 Å². The average Bonchev–Trinajstić information content (AvgIpc) is 2.64. The quantitative estimate of drug-likeness (QED) is 0.483. The van der Waals surface area contributed by atoms with E-state index in [1.165, 1.54) is 4.90 Å². The lowest BCUT2D eigenvalue weighted by molar-refractivity contribution is -0.145. The van der Waals surface area contributed by atoms with Crippen LogP contribution in [0.2, 0.25) is 0 Å². The number of para-hydroxylation sites is 1. The number of carbonyl (C=O) groups is 3. The van der Waals surface area contributed by atoms with Crippen LogP contribution >= 0.6 is 0 Å². The molecule has 8 nitrogen and oxygen atoms in total. The Balaban J connectivity index is 3.58. The van der Waals surface area contributed by atoms with Gasteiger partial charge in [0, 0.05) is 17.1 Å². The molecule has 0 saturated carbocycles. The fourth-order valence-corrected chi connectivity index (χ4v) is 3.76. The number of nitrogens with one attached hydrogen (secondary N) is 2. The number of hydrogen-bond acceptors (Lipinski definition) is 5. The van der Waals surface area contributed by atoms with E-state index in [4.69, 9.17) is 4.74 Å². The zero-order valence-corrected chi connectivity index (χ0v) is 23.3. The Morgan fingerprint density at radius 1 is 1.03 bits per heavy atom. The standard InChI is InChI=1S/C27H45N3O5/c1-16(2)15-20(28-25(34)35-27(9,10)11)24(33)30(17(3)4)21(23(32)29-26(6,7)8)19-14-12-13-18(5)22(19)31/h12-14,16-17,20-21,31H,15H2,1-11H3,(H,28,34)(H,29,32). The summed E-state index contributed by atoms with van der Waals surface area (Å²) in [5.41, 5.74) is -0.366. The molecule has 3 N–H and O–H groups in total. The van der Waals surface area contributed by atoms with Crippen LogP contribution in [-0.4, -0.2) is 51.1 Å². The van der Waals surface area contributed by atoms with Gasteiger partial charge in [-0.05, 0) is 80.2 Å². The monoisotopic (exact) mass is 491 g/mol. The zero-order valence-electron chi connectivity index (χ0n) is 23.3. The van der Waals surface area contributed by atoms with Crippen molar-refractivity contribution in [3.05, 3.63) is 29.3 Å². The first-order valence-corrected chi connectivity index (χ1v) is 12.3. The van der Waals surface area contributed by atoms with E-state index in [-0.39, 0.29) is 11.7 Å². The summed E-state index contributed by atoms with van der Waals surface area (Å²) in [6.45, 7) is 20.1. The minimum absolute atomic E-state index is 0.0412. The number of phenols is 1. The van der Waals surface area contributed by atoms with Crippen LogP contribution in [0.3, 0.4) is 0 Å². The number of ether oxygens (including phenoxy) is 1. The lowest BCUT2D eigenvalue weighted by Crippen LogP contribution is -2.56. The van der Waals surface area contributed by atoms with Crippen molar-refractivity contribution in [2.24, 2.45) is 5.92 Å². The van der Waals surface area contributed by atoms with Gasteiger partial charge in [0.25, 0.3) is 0 Å². The predicted molar refractivity (Wildman–Crippen MR) is 138 cm³/mol. The van der Waals surface area contributed by atoms with Gasteiger partial charge in [-0.15, -0.1) is 0 Å². The van der Waals surface area contributed by atoms with Crippen molar-refractivity contribution in [2.75, 3.05) is 0 Å². The van der Waals surface area contributed by atoms with E-state index >= 15 is 0 Å². The van der Waals surface area contributed by atoms with Gasteiger partial charge in [-0.3, -0.25) is 9.59 Å². The highest BCUT2D eigenvalue weighted by atomic mass is 16.6. The predicted octanol–water partition coefficient (Wildman–Crippen LogP) is 4.83. The third-order valence-electron chi connectivity index (χ3n) is 5.10. The summed E-state index contributed by atoms with van der Waals surface area (Å²) >= 11 is 0. The number of carbonyl (C=O) groups excluding carboxylic acids is 3. The van der Waals surface area contributed by atoms with Crippen LogP contribution in [0.1, 0.15) is 92.8 Å². The molecule has 198 valence electrons. The Morgan fingerprint density at radius 3 is 2.06 bits per heavy atom. The normalized spacial score (nSPS) is 13.9. The van der Waals surface area contributed by atoms with Crippen molar-refractivity contribution in [1.82, 2.24) is 15.5 Å². The molecule has 0 saturated heterocycles. The van der Waals surface area contributed by atoms with E-state index < -0.39 is 47.2 Å². The molecule has 0 aliphatic rings. The summed E-state index contributed by atoms with van der Waals surface area (Å²) in [5, 5.41) is 16.5. The lowest BCUT2D eigenvalue weighted by Gasteiger charge is -2.39. The lowest BCUT2D eigenvalue weighted by atomic mass is 9.95. The second-order valence-corrected chi connectivity index (χ2v) is 11.8. The number of nitrogens with zero attached hydrogens (tertiary/aromatic N) is 1. The Labute approximate surface area is 210 Å². The summed E-state index contributed by atoms with van der Waals surface area (Å²) < 4.78 is 5.39. The number of rotatable bonds is 8. The van der Waals surface area contributed by atoms with Gasteiger partial charge in [0.15, 0.2) is 0 Å². The molecule has 0 radical (unpaired) electrons. The van der Waals surface area contributed by atoms with Gasteiger partial charge in [0.05, 0.1) is 0 Å². The highest BCUT2D eigenvalue weighted by Crippen LogP contribution is 2.34. The van der Waals surface area contributed by atoms with Crippen molar-refractivity contribution in [1.29, 1.82) is 0 Å². The second kappa shape index (κ2) is 11.8. The summed E-state index contributed by atoms with van der Waals surface area (Å²) in [5.74, 6) is -0.793. The smallest absolute Gasteiger partial charge is 0.408 e. The minimum Gasteiger partial charge on any atom is -0.507 e. The third-order valence-corrected chi connectivity index (χ3v) is 5.10. The van der Waals surface area contributed by atoms with E-state index in [9.17, 15) is 19.5 Å². The number of aromatic hydroxyl groups is 1. The van der Waals surface area contributed by atoms with Gasteiger partial charge in [-0.25, -0.2) is 4.79 Å². The van der Waals surface area contributed by atoms with Crippen LogP contribution in [0, 0.1) is 12.8 Å². The molecule has 0 bridgehead atoms. The molecule has 1 aromatic rings. The van der Waals surface area contributed by atoms with Crippen LogP contribution in [0.15, 0.2) is 18.2 Å². The minimum atomic E-state index is -1.10.